The average Bonchev–Trinajstić information content (AvgIpc) is 2.72. The Morgan fingerprint density at radius 1 is 1.35 bits per heavy atom. The van der Waals surface area contributed by atoms with E-state index in [1.807, 2.05) is 32.0 Å². The molecule has 0 atom stereocenters. The van der Waals surface area contributed by atoms with Crippen LogP contribution in [-0.4, -0.2) is 15.6 Å². The van der Waals surface area contributed by atoms with Crippen molar-refractivity contribution in [3.63, 3.8) is 0 Å². The maximum absolute atomic E-state index is 11.9. The molecule has 4 nitrogen and oxygen atoms in total. The molecular formula is C13H14N2O2. The molecule has 0 spiro atoms. The predicted octanol–water partition coefficient (Wildman–Crippen LogP) is 2.80. The van der Waals surface area contributed by atoms with Gasteiger partial charge in [-0.15, -0.1) is 0 Å². The van der Waals surface area contributed by atoms with Gasteiger partial charge >= 0.3 is 6.09 Å². The SMILES string of the molecule is CCc1nc(C)cn1C(=O)Oc1ccccc1. The molecule has 0 saturated heterocycles. The van der Waals surface area contributed by atoms with E-state index >= 15 is 0 Å². The van der Waals surface area contributed by atoms with Crippen molar-refractivity contribution < 1.29 is 9.53 Å². The number of benzene rings is 1. The number of ether oxygens (including phenoxy) is 1. The highest BCUT2D eigenvalue weighted by Crippen LogP contribution is 2.11. The van der Waals surface area contributed by atoms with Crippen molar-refractivity contribution >= 4 is 6.09 Å². The van der Waals surface area contributed by atoms with E-state index in [0.29, 0.717) is 18.0 Å². The van der Waals surface area contributed by atoms with Crippen LogP contribution < -0.4 is 4.74 Å². The number of carbonyl (C=O) groups is 1. The summed E-state index contributed by atoms with van der Waals surface area (Å²) in [5.74, 6) is 1.24. The minimum absolute atomic E-state index is 0.423. The Kier molecular flexibility index (Phi) is 3.23. The molecular weight excluding hydrogens is 216 g/mol. The monoisotopic (exact) mass is 230 g/mol. The van der Waals surface area contributed by atoms with Gasteiger partial charge in [0, 0.05) is 12.6 Å². The highest BCUT2D eigenvalue weighted by molar-refractivity contribution is 5.73. The molecule has 0 amide bonds. The molecule has 1 aromatic carbocycles. The minimum Gasteiger partial charge on any atom is -0.410 e. The van der Waals surface area contributed by atoms with Crippen LogP contribution in [0.4, 0.5) is 4.79 Å². The molecule has 88 valence electrons. The van der Waals surface area contributed by atoms with Crippen LogP contribution in [0.25, 0.3) is 0 Å². The van der Waals surface area contributed by atoms with Gasteiger partial charge in [0.2, 0.25) is 0 Å². The molecule has 1 aromatic heterocycles. The van der Waals surface area contributed by atoms with Crippen LogP contribution in [0.3, 0.4) is 0 Å². The molecule has 1 heterocycles. The number of hydrogen-bond donors (Lipinski definition) is 0. The van der Waals surface area contributed by atoms with E-state index in [9.17, 15) is 4.79 Å². The summed E-state index contributed by atoms with van der Waals surface area (Å²) in [5.41, 5.74) is 0.812. The van der Waals surface area contributed by atoms with E-state index in [2.05, 4.69) is 4.98 Å². The second-order valence-electron chi connectivity index (χ2n) is 3.70. The number of rotatable bonds is 2. The summed E-state index contributed by atoms with van der Waals surface area (Å²) in [6.07, 6.45) is 1.95. The Morgan fingerprint density at radius 2 is 2.06 bits per heavy atom. The van der Waals surface area contributed by atoms with Gasteiger partial charge in [-0.3, -0.25) is 0 Å². The Hall–Kier alpha value is -2.10. The van der Waals surface area contributed by atoms with Crippen molar-refractivity contribution in [2.24, 2.45) is 0 Å². The second-order valence-corrected chi connectivity index (χ2v) is 3.70. The zero-order chi connectivity index (χ0) is 12.3. The van der Waals surface area contributed by atoms with Crippen molar-refractivity contribution in [1.29, 1.82) is 0 Å². The molecule has 0 N–H and O–H groups in total. The lowest BCUT2D eigenvalue weighted by Crippen LogP contribution is -2.18. The first kappa shape index (κ1) is 11.4. The van der Waals surface area contributed by atoms with E-state index in [1.54, 1.807) is 18.3 Å². The molecule has 0 aliphatic heterocycles. The largest absolute Gasteiger partial charge is 0.424 e. The van der Waals surface area contributed by atoms with Crippen molar-refractivity contribution in [3.05, 3.63) is 48.0 Å². The molecule has 0 radical (unpaired) electrons. The molecule has 4 heteroatoms. The van der Waals surface area contributed by atoms with Gasteiger partial charge in [-0.2, -0.15) is 0 Å². The molecule has 0 bridgehead atoms. The van der Waals surface area contributed by atoms with Crippen molar-refractivity contribution in [1.82, 2.24) is 9.55 Å². The Balaban J connectivity index is 2.20. The average molecular weight is 230 g/mol. The zero-order valence-electron chi connectivity index (χ0n) is 9.88. The maximum atomic E-state index is 11.9. The van der Waals surface area contributed by atoms with Crippen LogP contribution in [0, 0.1) is 6.92 Å². The van der Waals surface area contributed by atoms with Crippen LogP contribution >= 0.6 is 0 Å². The first-order valence-electron chi connectivity index (χ1n) is 5.53. The normalized spacial score (nSPS) is 10.2. The second kappa shape index (κ2) is 4.82. The van der Waals surface area contributed by atoms with Crippen LogP contribution in [0.15, 0.2) is 36.5 Å². The number of nitrogens with zero attached hydrogens (tertiary/aromatic N) is 2. The van der Waals surface area contributed by atoms with E-state index in [4.69, 9.17) is 4.74 Å². The first-order valence-corrected chi connectivity index (χ1v) is 5.53. The van der Waals surface area contributed by atoms with Gasteiger partial charge in [0.1, 0.15) is 11.6 Å². The zero-order valence-corrected chi connectivity index (χ0v) is 9.88. The van der Waals surface area contributed by atoms with Gasteiger partial charge in [0.25, 0.3) is 0 Å². The van der Waals surface area contributed by atoms with E-state index in [0.717, 1.165) is 5.69 Å². The third kappa shape index (κ3) is 2.53. The fourth-order valence-electron chi connectivity index (χ4n) is 1.59. The molecule has 0 aliphatic rings. The number of carbonyl (C=O) groups excluding carboxylic acids is 1. The molecule has 0 fully saturated rings. The molecule has 0 saturated carbocycles. The van der Waals surface area contributed by atoms with Gasteiger partial charge in [-0.05, 0) is 19.1 Å². The third-order valence-corrected chi connectivity index (χ3v) is 2.36. The lowest BCUT2D eigenvalue weighted by atomic mass is 10.3. The highest BCUT2D eigenvalue weighted by atomic mass is 16.6. The van der Waals surface area contributed by atoms with Gasteiger partial charge in [0.05, 0.1) is 5.69 Å². The first-order chi connectivity index (χ1) is 8.20. The van der Waals surface area contributed by atoms with Gasteiger partial charge in [-0.25, -0.2) is 14.3 Å². The Labute approximate surface area is 99.9 Å². The van der Waals surface area contributed by atoms with Gasteiger partial charge < -0.3 is 4.74 Å². The summed E-state index contributed by atoms with van der Waals surface area (Å²) in [7, 11) is 0. The maximum Gasteiger partial charge on any atom is 0.424 e. The molecule has 0 aliphatic carbocycles. The van der Waals surface area contributed by atoms with Crippen molar-refractivity contribution in [2.45, 2.75) is 20.3 Å². The smallest absolute Gasteiger partial charge is 0.410 e. The number of imidazole rings is 1. The third-order valence-electron chi connectivity index (χ3n) is 2.36. The Morgan fingerprint density at radius 3 is 2.71 bits per heavy atom. The standard InChI is InChI=1S/C13H14N2O2/c1-3-12-14-10(2)9-15(12)13(16)17-11-7-5-4-6-8-11/h4-9H,3H2,1-2H3. The predicted molar refractivity (Wildman–Crippen MR) is 64.2 cm³/mol. The quantitative estimate of drug-likeness (QED) is 0.796. The van der Waals surface area contributed by atoms with E-state index < -0.39 is 6.09 Å². The van der Waals surface area contributed by atoms with Crippen LogP contribution in [-0.2, 0) is 6.42 Å². The summed E-state index contributed by atoms with van der Waals surface area (Å²) in [6.45, 7) is 3.81. The van der Waals surface area contributed by atoms with Crippen LogP contribution in [0.1, 0.15) is 18.4 Å². The number of para-hydroxylation sites is 1. The van der Waals surface area contributed by atoms with E-state index in [1.165, 1.54) is 4.57 Å². The van der Waals surface area contributed by atoms with E-state index in [-0.39, 0.29) is 0 Å². The molecule has 17 heavy (non-hydrogen) atoms. The minimum atomic E-state index is -0.423. The lowest BCUT2D eigenvalue weighted by Gasteiger charge is -2.05. The molecule has 2 rings (SSSR count). The van der Waals surface area contributed by atoms with Crippen LogP contribution in [0.5, 0.6) is 5.75 Å². The summed E-state index contributed by atoms with van der Waals surface area (Å²) < 4.78 is 6.69. The summed E-state index contributed by atoms with van der Waals surface area (Å²) in [5, 5.41) is 0. The van der Waals surface area contributed by atoms with Gasteiger partial charge in [-0.1, -0.05) is 25.1 Å². The topological polar surface area (TPSA) is 44.1 Å². The summed E-state index contributed by atoms with van der Waals surface area (Å²) in [4.78, 5) is 16.2. The highest BCUT2D eigenvalue weighted by Gasteiger charge is 2.13. The van der Waals surface area contributed by atoms with Crippen molar-refractivity contribution in [2.75, 3.05) is 0 Å². The lowest BCUT2D eigenvalue weighted by molar-refractivity contribution is 0.201. The number of hydrogen-bond acceptors (Lipinski definition) is 3. The summed E-state index contributed by atoms with van der Waals surface area (Å²) >= 11 is 0. The number of aromatic nitrogens is 2. The van der Waals surface area contributed by atoms with Crippen LogP contribution in [0.2, 0.25) is 0 Å². The fourth-order valence-corrected chi connectivity index (χ4v) is 1.59. The fraction of sp³-hybridized carbons (Fsp3) is 0.231. The summed E-state index contributed by atoms with van der Waals surface area (Å²) in [6, 6.07) is 9.00. The van der Waals surface area contributed by atoms with Crippen molar-refractivity contribution in [3.8, 4) is 5.75 Å². The molecule has 2 aromatic rings. The van der Waals surface area contributed by atoms with Gasteiger partial charge in [0.15, 0.2) is 0 Å². The Bertz CT molecular complexity index is 517. The molecule has 0 unspecified atom stereocenters. The number of aryl methyl sites for hydroxylation is 2.